The van der Waals surface area contributed by atoms with Gasteiger partial charge in [-0.15, -0.1) is 0 Å². The number of aromatic nitrogens is 2. The number of benzene rings is 1. The van der Waals surface area contributed by atoms with E-state index in [9.17, 15) is 0 Å². The van der Waals surface area contributed by atoms with Crippen LogP contribution in [0.2, 0.25) is 0 Å². The van der Waals surface area contributed by atoms with Crippen LogP contribution in [-0.4, -0.2) is 9.97 Å². The maximum absolute atomic E-state index is 8.82. The van der Waals surface area contributed by atoms with Crippen LogP contribution >= 0.6 is 0 Å². The fourth-order valence-electron chi connectivity index (χ4n) is 1.74. The summed E-state index contributed by atoms with van der Waals surface area (Å²) in [5.74, 6) is 0. The average Bonchev–Trinajstić information content (AvgIpc) is 2.74. The van der Waals surface area contributed by atoms with Crippen LogP contribution in [0, 0.1) is 18.3 Å². The van der Waals surface area contributed by atoms with Crippen LogP contribution in [0.5, 0.6) is 0 Å². The molecule has 0 aliphatic rings. The van der Waals surface area contributed by atoms with E-state index in [4.69, 9.17) is 5.26 Å². The van der Waals surface area contributed by atoms with Gasteiger partial charge in [0.05, 0.1) is 12.0 Å². The van der Waals surface area contributed by atoms with Crippen molar-refractivity contribution in [2.24, 2.45) is 0 Å². The van der Waals surface area contributed by atoms with Crippen molar-refractivity contribution in [3.63, 3.8) is 0 Å². The normalized spacial score (nSPS) is 10.0. The van der Waals surface area contributed by atoms with Crippen molar-refractivity contribution in [3.05, 3.63) is 53.1 Å². The van der Waals surface area contributed by atoms with E-state index in [1.807, 2.05) is 0 Å². The predicted molar refractivity (Wildman–Crippen MR) is 61.9 cm³/mol. The van der Waals surface area contributed by atoms with E-state index in [0.717, 1.165) is 18.5 Å². The third-order valence-corrected chi connectivity index (χ3v) is 2.57. The van der Waals surface area contributed by atoms with Crippen molar-refractivity contribution in [1.29, 1.82) is 5.26 Å². The van der Waals surface area contributed by atoms with E-state index in [1.165, 1.54) is 11.1 Å². The fourth-order valence-corrected chi connectivity index (χ4v) is 1.74. The van der Waals surface area contributed by atoms with Crippen LogP contribution in [-0.2, 0) is 12.8 Å². The van der Waals surface area contributed by atoms with E-state index in [-0.39, 0.29) is 0 Å². The molecule has 3 nitrogen and oxygen atoms in total. The van der Waals surface area contributed by atoms with Crippen molar-refractivity contribution in [2.75, 3.05) is 0 Å². The number of hydrogen-bond donors (Lipinski definition) is 1. The lowest BCUT2D eigenvalue weighted by molar-refractivity contribution is 0.919. The Balaban J connectivity index is 2.06. The molecule has 16 heavy (non-hydrogen) atoms. The first-order chi connectivity index (χ1) is 7.79. The first-order valence-corrected chi connectivity index (χ1v) is 5.27. The molecule has 0 saturated heterocycles. The van der Waals surface area contributed by atoms with E-state index >= 15 is 0 Å². The fraction of sp³-hybridized carbons (Fsp3) is 0.231. The number of rotatable bonds is 3. The molecule has 0 amide bonds. The Morgan fingerprint density at radius 3 is 3.00 bits per heavy atom. The molecular formula is C13H13N3. The largest absolute Gasteiger partial charge is 0.347 e. The number of imidazole rings is 1. The van der Waals surface area contributed by atoms with E-state index in [2.05, 4.69) is 47.2 Å². The zero-order valence-electron chi connectivity index (χ0n) is 9.20. The first-order valence-electron chi connectivity index (χ1n) is 5.27. The number of nitrogens with zero attached hydrogens (tertiary/aromatic N) is 2. The topological polar surface area (TPSA) is 52.5 Å². The molecule has 0 atom stereocenters. The van der Waals surface area contributed by atoms with E-state index in [1.54, 1.807) is 6.33 Å². The number of hydrogen-bond acceptors (Lipinski definition) is 2. The third-order valence-electron chi connectivity index (χ3n) is 2.57. The molecule has 0 spiro atoms. The van der Waals surface area contributed by atoms with Crippen molar-refractivity contribution < 1.29 is 0 Å². The van der Waals surface area contributed by atoms with Gasteiger partial charge >= 0.3 is 0 Å². The molecule has 3 heteroatoms. The lowest BCUT2D eigenvalue weighted by Gasteiger charge is -2.01. The highest BCUT2D eigenvalue weighted by atomic mass is 14.9. The van der Waals surface area contributed by atoms with Gasteiger partial charge in [0.2, 0.25) is 0 Å². The van der Waals surface area contributed by atoms with Crippen LogP contribution in [0.15, 0.2) is 30.6 Å². The minimum Gasteiger partial charge on any atom is -0.347 e. The predicted octanol–water partition coefficient (Wildman–Crippen LogP) is 2.38. The zero-order chi connectivity index (χ0) is 11.4. The Hall–Kier alpha value is -2.08. The quantitative estimate of drug-likeness (QED) is 0.847. The Morgan fingerprint density at radius 2 is 2.25 bits per heavy atom. The smallest absolute Gasteiger partial charge is 0.161 e. The molecule has 0 aliphatic heterocycles. The van der Waals surface area contributed by atoms with Crippen molar-refractivity contribution >= 4 is 0 Å². The van der Waals surface area contributed by atoms with Gasteiger partial charge in [-0.05, 0) is 25.3 Å². The lowest BCUT2D eigenvalue weighted by Crippen LogP contribution is -1.94. The maximum atomic E-state index is 8.82. The Kier molecular flexibility index (Phi) is 3.02. The van der Waals surface area contributed by atoms with Gasteiger partial charge in [0.15, 0.2) is 5.69 Å². The van der Waals surface area contributed by atoms with E-state index < -0.39 is 0 Å². The lowest BCUT2D eigenvalue weighted by atomic mass is 10.1. The highest BCUT2D eigenvalue weighted by molar-refractivity contribution is 5.27. The molecule has 2 rings (SSSR count). The first kappa shape index (κ1) is 10.4. The second-order valence-electron chi connectivity index (χ2n) is 3.83. The molecule has 0 fully saturated rings. The molecule has 1 aromatic carbocycles. The van der Waals surface area contributed by atoms with Gasteiger partial charge in [0.1, 0.15) is 6.07 Å². The van der Waals surface area contributed by atoms with Gasteiger partial charge in [0, 0.05) is 0 Å². The van der Waals surface area contributed by atoms with Gasteiger partial charge in [-0.2, -0.15) is 5.26 Å². The summed E-state index contributed by atoms with van der Waals surface area (Å²) in [6.07, 6.45) is 3.33. The average molecular weight is 211 g/mol. The van der Waals surface area contributed by atoms with Gasteiger partial charge in [-0.3, -0.25) is 0 Å². The van der Waals surface area contributed by atoms with Gasteiger partial charge in [-0.25, -0.2) is 4.98 Å². The number of nitriles is 1. The summed E-state index contributed by atoms with van der Waals surface area (Å²) in [5, 5.41) is 8.82. The van der Waals surface area contributed by atoms with Gasteiger partial charge in [-0.1, -0.05) is 29.8 Å². The SMILES string of the molecule is Cc1cccc(CCc2[nH]cnc2C#N)c1. The number of H-pyrrole nitrogens is 1. The summed E-state index contributed by atoms with van der Waals surface area (Å²) in [6, 6.07) is 10.5. The monoisotopic (exact) mass is 211 g/mol. The molecule has 0 aliphatic carbocycles. The van der Waals surface area contributed by atoms with Crippen LogP contribution in [0.1, 0.15) is 22.5 Å². The summed E-state index contributed by atoms with van der Waals surface area (Å²) in [4.78, 5) is 6.96. The van der Waals surface area contributed by atoms with Crippen molar-refractivity contribution in [2.45, 2.75) is 19.8 Å². The summed E-state index contributed by atoms with van der Waals surface area (Å²) >= 11 is 0. The van der Waals surface area contributed by atoms with Crippen LogP contribution in [0.4, 0.5) is 0 Å². The highest BCUT2D eigenvalue weighted by Gasteiger charge is 2.04. The maximum Gasteiger partial charge on any atom is 0.161 e. The number of nitrogens with one attached hydrogen (secondary N) is 1. The Labute approximate surface area is 94.8 Å². The van der Waals surface area contributed by atoms with Crippen LogP contribution in [0.3, 0.4) is 0 Å². The highest BCUT2D eigenvalue weighted by Crippen LogP contribution is 2.09. The molecular weight excluding hydrogens is 198 g/mol. The second kappa shape index (κ2) is 4.63. The molecule has 1 N–H and O–H groups in total. The molecule has 0 unspecified atom stereocenters. The molecule has 0 bridgehead atoms. The Morgan fingerprint density at radius 1 is 1.38 bits per heavy atom. The molecule has 1 heterocycles. The minimum absolute atomic E-state index is 0.507. The summed E-state index contributed by atoms with van der Waals surface area (Å²) in [6.45, 7) is 2.08. The molecule has 0 radical (unpaired) electrons. The molecule has 80 valence electrons. The molecule has 2 aromatic rings. The van der Waals surface area contributed by atoms with E-state index in [0.29, 0.717) is 5.69 Å². The number of aryl methyl sites for hydroxylation is 3. The standard InChI is InChI=1S/C13H13N3/c1-10-3-2-4-11(7-10)5-6-12-13(8-14)16-9-15-12/h2-4,7,9H,5-6H2,1H3,(H,15,16). The van der Waals surface area contributed by atoms with Crippen molar-refractivity contribution in [1.82, 2.24) is 9.97 Å². The molecule has 1 aromatic heterocycles. The van der Waals surface area contributed by atoms with Crippen molar-refractivity contribution in [3.8, 4) is 6.07 Å². The summed E-state index contributed by atoms with van der Waals surface area (Å²) < 4.78 is 0. The molecule has 0 saturated carbocycles. The summed E-state index contributed by atoms with van der Waals surface area (Å²) in [5.41, 5.74) is 3.98. The minimum atomic E-state index is 0.507. The van der Waals surface area contributed by atoms with Crippen LogP contribution in [0.25, 0.3) is 0 Å². The zero-order valence-corrected chi connectivity index (χ0v) is 9.20. The Bertz CT molecular complexity index is 520. The summed E-state index contributed by atoms with van der Waals surface area (Å²) in [7, 11) is 0. The third kappa shape index (κ3) is 2.29. The second-order valence-corrected chi connectivity index (χ2v) is 3.83. The van der Waals surface area contributed by atoms with Gasteiger partial charge < -0.3 is 4.98 Å². The number of aromatic amines is 1. The van der Waals surface area contributed by atoms with Gasteiger partial charge in [0.25, 0.3) is 0 Å². The van der Waals surface area contributed by atoms with Crippen LogP contribution < -0.4 is 0 Å².